The molecule has 28 heavy (non-hydrogen) atoms. The smallest absolute Gasteiger partial charge is 0.221 e. The van der Waals surface area contributed by atoms with Crippen LogP contribution in [-0.2, 0) is 6.30 Å². The zero-order chi connectivity index (χ0) is 20.1. The van der Waals surface area contributed by atoms with Crippen LogP contribution in [0.3, 0.4) is 0 Å². The van der Waals surface area contributed by atoms with Crippen molar-refractivity contribution in [3.63, 3.8) is 0 Å². The second kappa shape index (κ2) is 6.76. The summed E-state index contributed by atoms with van der Waals surface area (Å²) in [5.74, 6) is -0.908. The monoisotopic (exact) mass is 425 g/mol. The van der Waals surface area contributed by atoms with Crippen molar-refractivity contribution in [3.8, 4) is 22.5 Å². The molecule has 0 saturated carbocycles. The quantitative estimate of drug-likeness (QED) is 0.264. The van der Waals surface area contributed by atoms with E-state index >= 15 is 0 Å². The molecule has 0 aliphatic heterocycles. The van der Waals surface area contributed by atoms with Gasteiger partial charge in [-0.3, -0.25) is 0 Å². The summed E-state index contributed by atoms with van der Waals surface area (Å²) in [6.45, 7) is 0. The highest BCUT2D eigenvalue weighted by atomic mass is 35.5. The lowest BCUT2D eigenvalue weighted by Gasteiger charge is -2.12. The Labute approximate surface area is 166 Å². The number of aromatic nitrogens is 3. The zero-order valence-electron chi connectivity index (χ0n) is 13.8. The molecule has 2 aromatic heterocycles. The first kappa shape index (κ1) is 18.7. The maximum absolute atomic E-state index is 13.8. The molecule has 0 saturated heterocycles. The van der Waals surface area contributed by atoms with Gasteiger partial charge in [0, 0.05) is 11.1 Å². The van der Waals surface area contributed by atoms with Gasteiger partial charge in [0.1, 0.15) is 5.15 Å². The normalized spacial score (nSPS) is 11.9. The molecular formula is C19H9Cl2F4N3. The van der Waals surface area contributed by atoms with Gasteiger partial charge in [-0.05, 0) is 22.9 Å². The van der Waals surface area contributed by atoms with Crippen LogP contribution >= 0.6 is 23.2 Å². The van der Waals surface area contributed by atoms with Crippen molar-refractivity contribution in [3.05, 3.63) is 70.7 Å². The molecule has 0 fully saturated rings. The van der Waals surface area contributed by atoms with Crippen molar-refractivity contribution in [2.45, 2.75) is 6.30 Å². The molecule has 2 heterocycles. The maximum Gasteiger partial charge on any atom is 0.505 e. The number of pyridine rings is 1. The van der Waals surface area contributed by atoms with Crippen LogP contribution in [0.2, 0.25) is 10.3 Å². The van der Waals surface area contributed by atoms with Crippen LogP contribution in [0, 0.1) is 5.82 Å². The minimum Gasteiger partial charge on any atom is -0.221 e. The molecule has 0 N–H and O–H groups in total. The SMILES string of the molecule is Fc1cc(-c2cc(-c3cccc4ccccc34)n(C(F)(F)F)n2)c(Cl)nc1Cl. The van der Waals surface area contributed by atoms with Crippen molar-refractivity contribution in [2.75, 3.05) is 0 Å². The molecule has 0 aliphatic rings. The molecule has 0 unspecified atom stereocenters. The molecule has 4 rings (SSSR count). The zero-order valence-corrected chi connectivity index (χ0v) is 15.3. The molecule has 3 nitrogen and oxygen atoms in total. The minimum atomic E-state index is -4.80. The van der Waals surface area contributed by atoms with Gasteiger partial charge in [-0.25, -0.2) is 9.37 Å². The van der Waals surface area contributed by atoms with Crippen LogP contribution in [0.25, 0.3) is 33.3 Å². The molecular weight excluding hydrogens is 417 g/mol. The Morgan fingerprint density at radius 2 is 1.57 bits per heavy atom. The summed E-state index contributed by atoms with van der Waals surface area (Å²) < 4.78 is 54.7. The van der Waals surface area contributed by atoms with E-state index in [1.165, 1.54) is 6.07 Å². The fourth-order valence-electron chi connectivity index (χ4n) is 2.97. The summed E-state index contributed by atoms with van der Waals surface area (Å²) in [6.07, 6.45) is -4.80. The molecule has 0 amide bonds. The molecule has 2 aromatic carbocycles. The van der Waals surface area contributed by atoms with Gasteiger partial charge in [-0.15, -0.1) is 13.2 Å². The minimum absolute atomic E-state index is 0.0626. The number of hydrogen-bond acceptors (Lipinski definition) is 2. The van der Waals surface area contributed by atoms with Gasteiger partial charge in [-0.1, -0.05) is 65.7 Å². The second-order valence-electron chi connectivity index (χ2n) is 5.92. The first-order chi connectivity index (χ1) is 13.3. The Morgan fingerprint density at radius 3 is 2.32 bits per heavy atom. The van der Waals surface area contributed by atoms with E-state index in [2.05, 4.69) is 10.1 Å². The van der Waals surface area contributed by atoms with Crippen LogP contribution in [0.4, 0.5) is 17.6 Å². The van der Waals surface area contributed by atoms with Gasteiger partial charge in [0.2, 0.25) is 0 Å². The highest BCUT2D eigenvalue weighted by molar-refractivity contribution is 6.34. The summed E-state index contributed by atoms with van der Waals surface area (Å²) in [4.78, 5) is 3.60. The van der Waals surface area contributed by atoms with Crippen LogP contribution in [0.1, 0.15) is 0 Å². The predicted octanol–water partition coefficient (Wildman–Crippen LogP) is 6.69. The van der Waals surface area contributed by atoms with Gasteiger partial charge < -0.3 is 0 Å². The standard InChI is InChI=1S/C19H9Cl2F4N3/c20-17-13(8-14(22)18(21)26-17)15-9-16(28(27-15)19(23,24)25)12-7-3-5-10-4-1-2-6-11(10)12/h1-9H. The van der Waals surface area contributed by atoms with Crippen molar-refractivity contribution in [1.82, 2.24) is 14.8 Å². The van der Waals surface area contributed by atoms with Crippen molar-refractivity contribution in [2.24, 2.45) is 0 Å². The molecule has 9 heteroatoms. The fourth-order valence-corrected chi connectivity index (χ4v) is 3.39. The summed E-state index contributed by atoms with van der Waals surface area (Å²) in [6, 6.07) is 14.2. The van der Waals surface area contributed by atoms with E-state index in [1.54, 1.807) is 42.5 Å². The maximum atomic E-state index is 13.8. The third kappa shape index (κ3) is 3.21. The van der Waals surface area contributed by atoms with Gasteiger partial charge in [0.25, 0.3) is 0 Å². The Hall–Kier alpha value is -2.64. The van der Waals surface area contributed by atoms with Gasteiger partial charge >= 0.3 is 6.30 Å². The van der Waals surface area contributed by atoms with Gasteiger partial charge in [0.15, 0.2) is 11.0 Å². The van der Waals surface area contributed by atoms with Crippen LogP contribution in [-0.4, -0.2) is 14.8 Å². The van der Waals surface area contributed by atoms with Crippen molar-refractivity contribution >= 4 is 34.0 Å². The topological polar surface area (TPSA) is 30.7 Å². The lowest BCUT2D eigenvalue weighted by atomic mass is 10.0. The number of halogens is 6. The number of nitrogens with zero attached hydrogens (tertiary/aromatic N) is 3. The number of alkyl halides is 3. The third-order valence-corrected chi connectivity index (χ3v) is 4.73. The van der Waals surface area contributed by atoms with E-state index in [-0.39, 0.29) is 26.8 Å². The van der Waals surface area contributed by atoms with E-state index in [0.29, 0.717) is 10.9 Å². The Bertz CT molecular complexity index is 1200. The number of fused-ring (bicyclic) bond motifs is 1. The molecule has 4 aromatic rings. The lowest BCUT2D eigenvalue weighted by Crippen LogP contribution is -2.19. The number of hydrogen-bond donors (Lipinski definition) is 0. The van der Waals surface area contributed by atoms with E-state index < -0.39 is 17.3 Å². The highest BCUT2D eigenvalue weighted by Gasteiger charge is 2.36. The summed E-state index contributed by atoms with van der Waals surface area (Å²) >= 11 is 11.5. The molecule has 0 bridgehead atoms. The largest absolute Gasteiger partial charge is 0.505 e. The average Bonchev–Trinajstić information content (AvgIpc) is 3.09. The Balaban J connectivity index is 2.00. The summed E-state index contributed by atoms with van der Waals surface area (Å²) in [5, 5.41) is 4.29. The average molecular weight is 426 g/mol. The van der Waals surface area contributed by atoms with E-state index in [0.717, 1.165) is 11.5 Å². The number of rotatable bonds is 2. The molecule has 142 valence electrons. The van der Waals surface area contributed by atoms with Crippen molar-refractivity contribution < 1.29 is 17.6 Å². The van der Waals surface area contributed by atoms with E-state index in [9.17, 15) is 17.6 Å². The Morgan fingerprint density at radius 1 is 0.857 bits per heavy atom. The first-order valence-electron chi connectivity index (χ1n) is 7.93. The summed E-state index contributed by atoms with van der Waals surface area (Å²) in [5.41, 5.74) is -0.139. The second-order valence-corrected chi connectivity index (χ2v) is 6.64. The first-order valence-corrected chi connectivity index (χ1v) is 8.68. The molecule has 0 spiro atoms. The van der Waals surface area contributed by atoms with Crippen LogP contribution in [0.5, 0.6) is 0 Å². The molecule has 0 aliphatic carbocycles. The highest BCUT2D eigenvalue weighted by Crippen LogP contribution is 2.38. The predicted molar refractivity (Wildman–Crippen MR) is 99.7 cm³/mol. The van der Waals surface area contributed by atoms with E-state index in [1.807, 2.05) is 0 Å². The lowest BCUT2D eigenvalue weighted by molar-refractivity contribution is -0.210. The third-order valence-electron chi connectivity index (χ3n) is 4.18. The van der Waals surface area contributed by atoms with Crippen LogP contribution < -0.4 is 0 Å². The summed E-state index contributed by atoms with van der Waals surface area (Å²) in [7, 11) is 0. The van der Waals surface area contributed by atoms with Crippen LogP contribution in [0.15, 0.2) is 54.6 Å². The Kier molecular flexibility index (Phi) is 4.51. The van der Waals surface area contributed by atoms with Crippen molar-refractivity contribution in [1.29, 1.82) is 0 Å². The van der Waals surface area contributed by atoms with Gasteiger partial charge in [-0.2, -0.15) is 9.78 Å². The fraction of sp³-hybridized carbons (Fsp3) is 0.0526. The molecule has 0 atom stereocenters. The molecule has 0 radical (unpaired) electrons. The van der Waals surface area contributed by atoms with Gasteiger partial charge in [0.05, 0.1) is 11.4 Å². The van der Waals surface area contributed by atoms with E-state index in [4.69, 9.17) is 23.2 Å². The number of benzene rings is 2.